The van der Waals surface area contributed by atoms with E-state index in [4.69, 9.17) is 4.74 Å². The molecule has 0 bridgehead atoms. The molecule has 1 atom stereocenters. The highest BCUT2D eigenvalue weighted by atomic mass is 19.1. The van der Waals surface area contributed by atoms with Gasteiger partial charge in [0.2, 0.25) is 11.8 Å². The van der Waals surface area contributed by atoms with Crippen LogP contribution in [0.1, 0.15) is 25.7 Å². The highest BCUT2D eigenvalue weighted by molar-refractivity contribution is 5.83. The molecule has 2 saturated heterocycles. The second-order valence-electron chi connectivity index (χ2n) is 6.76. The Kier molecular flexibility index (Phi) is 6.44. The van der Waals surface area contributed by atoms with Crippen molar-refractivity contribution in [2.45, 2.75) is 31.8 Å². The smallest absolute Gasteiger partial charge is 0.223 e. The molecule has 0 radical (unpaired) electrons. The number of halogens is 1. The molecule has 1 aromatic rings. The molecular weight excluding hydrogens is 337 g/mol. The number of carbonyl (C=O) groups excluding carboxylic acids is 2. The van der Waals surface area contributed by atoms with Gasteiger partial charge < -0.3 is 19.9 Å². The molecule has 1 N–H and O–H groups in total. The molecule has 6 nitrogen and oxygen atoms in total. The summed E-state index contributed by atoms with van der Waals surface area (Å²) in [5.74, 6) is -0.375. The highest BCUT2D eigenvalue weighted by Crippen LogP contribution is 2.20. The van der Waals surface area contributed by atoms with Crippen molar-refractivity contribution >= 4 is 17.5 Å². The lowest BCUT2D eigenvalue weighted by Crippen LogP contribution is -2.49. The van der Waals surface area contributed by atoms with E-state index in [-0.39, 0.29) is 36.6 Å². The Morgan fingerprint density at radius 1 is 1.15 bits per heavy atom. The Hall–Kier alpha value is -2.15. The summed E-state index contributed by atoms with van der Waals surface area (Å²) in [6, 6.07) is 6.68. The molecule has 0 unspecified atom stereocenters. The molecule has 2 aliphatic heterocycles. The van der Waals surface area contributed by atoms with E-state index in [1.165, 1.54) is 6.07 Å². The van der Waals surface area contributed by atoms with Crippen molar-refractivity contribution in [2.24, 2.45) is 0 Å². The van der Waals surface area contributed by atoms with Crippen LogP contribution in [0.4, 0.5) is 10.1 Å². The first-order valence-corrected chi connectivity index (χ1v) is 9.29. The third-order valence-electron chi connectivity index (χ3n) is 4.94. The molecule has 2 fully saturated rings. The van der Waals surface area contributed by atoms with Crippen LogP contribution in [0.25, 0.3) is 0 Å². The lowest BCUT2D eigenvalue weighted by atomic mass is 10.2. The Morgan fingerprint density at radius 2 is 1.92 bits per heavy atom. The van der Waals surface area contributed by atoms with E-state index in [1.807, 2.05) is 11.0 Å². The lowest BCUT2D eigenvalue weighted by molar-refractivity contribution is -0.133. The third kappa shape index (κ3) is 4.94. The van der Waals surface area contributed by atoms with Gasteiger partial charge in [0.05, 0.1) is 11.8 Å². The number of benzene rings is 1. The first kappa shape index (κ1) is 18.6. The number of nitrogens with zero attached hydrogens (tertiary/aromatic N) is 2. The average molecular weight is 363 g/mol. The topological polar surface area (TPSA) is 61.9 Å². The summed E-state index contributed by atoms with van der Waals surface area (Å²) in [5, 5.41) is 2.83. The summed E-state index contributed by atoms with van der Waals surface area (Å²) >= 11 is 0. The molecule has 2 aliphatic rings. The first-order chi connectivity index (χ1) is 12.6. The van der Waals surface area contributed by atoms with E-state index in [0.717, 1.165) is 19.4 Å². The van der Waals surface area contributed by atoms with Gasteiger partial charge in [-0.2, -0.15) is 0 Å². The largest absolute Gasteiger partial charge is 0.376 e. The predicted molar refractivity (Wildman–Crippen MR) is 96.4 cm³/mol. The van der Waals surface area contributed by atoms with Crippen molar-refractivity contribution in [3.8, 4) is 0 Å². The number of ether oxygens (including phenoxy) is 1. The van der Waals surface area contributed by atoms with E-state index >= 15 is 0 Å². The van der Waals surface area contributed by atoms with Crippen molar-refractivity contribution in [2.75, 3.05) is 44.2 Å². The summed E-state index contributed by atoms with van der Waals surface area (Å²) in [6.45, 7) is 3.57. The van der Waals surface area contributed by atoms with Crippen molar-refractivity contribution in [1.82, 2.24) is 10.2 Å². The lowest BCUT2D eigenvalue weighted by Gasteiger charge is -2.36. The standard InChI is InChI=1S/C19H26FN3O3/c20-16-5-1-2-6-17(16)22-9-11-23(12-10-22)19(25)8-7-18(24)21-14-15-4-3-13-26-15/h1-2,5-6,15H,3-4,7-14H2,(H,21,24)/t15-/m0/s1. The highest BCUT2D eigenvalue weighted by Gasteiger charge is 2.23. The van der Waals surface area contributed by atoms with E-state index in [9.17, 15) is 14.0 Å². The normalized spacial score (nSPS) is 20.3. The van der Waals surface area contributed by atoms with Crippen LogP contribution in [-0.2, 0) is 14.3 Å². The summed E-state index contributed by atoms with van der Waals surface area (Å²) in [7, 11) is 0. The van der Waals surface area contributed by atoms with E-state index in [1.54, 1.807) is 17.0 Å². The fraction of sp³-hybridized carbons (Fsp3) is 0.579. The Labute approximate surface area is 153 Å². The number of hydrogen-bond acceptors (Lipinski definition) is 4. The maximum absolute atomic E-state index is 13.8. The van der Waals surface area contributed by atoms with E-state index in [0.29, 0.717) is 38.4 Å². The van der Waals surface area contributed by atoms with E-state index in [2.05, 4.69) is 5.32 Å². The average Bonchev–Trinajstić information content (AvgIpc) is 3.18. The van der Waals surface area contributed by atoms with Crippen LogP contribution >= 0.6 is 0 Å². The quantitative estimate of drug-likeness (QED) is 0.833. The van der Waals surface area contributed by atoms with Crippen molar-refractivity contribution in [3.63, 3.8) is 0 Å². The van der Waals surface area contributed by atoms with Crippen molar-refractivity contribution < 1.29 is 18.7 Å². The molecule has 26 heavy (non-hydrogen) atoms. The van der Waals surface area contributed by atoms with Crippen LogP contribution < -0.4 is 10.2 Å². The molecule has 7 heteroatoms. The first-order valence-electron chi connectivity index (χ1n) is 9.29. The zero-order chi connectivity index (χ0) is 18.4. The minimum absolute atomic E-state index is 0.0227. The Balaban J connectivity index is 1.37. The van der Waals surface area contributed by atoms with Gasteiger partial charge in [-0.25, -0.2) is 4.39 Å². The number of amides is 2. The monoisotopic (exact) mass is 363 g/mol. The van der Waals surface area contributed by atoms with Gasteiger partial charge in [-0.15, -0.1) is 0 Å². The third-order valence-corrected chi connectivity index (χ3v) is 4.94. The summed E-state index contributed by atoms with van der Waals surface area (Å²) < 4.78 is 19.3. The molecule has 3 rings (SSSR count). The second kappa shape index (κ2) is 8.98. The van der Waals surface area contributed by atoms with Crippen LogP contribution in [0.5, 0.6) is 0 Å². The molecule has 0 aliphatic carbocycles. The number of piperazine rings is 1. The van der Waals surface area contributed by atoms with Gasteiger partial charge >= 0.3 is 0 Å². The summed E-state index contributed by atoms with van der Waals surface area (Å²) in [4.78, 5) is 27.9. The zero-order valence-electron chi connectivity index (χ0n) is 15.0. The van der Waals surface area contributed by atoms with Gasteiger partial charge in [0.15, 0.2) is 0 Å². The van der Waals surface area contributed by atoms with Crippen LogP contribution in [0, 0.1) is 5.82 Å². The number of anilines is 1. The molecule has 142 valence electrons. The molecule has 0 saturated carbocycles. The Morgan fingerprint density at radius 3 is 2.62 bits per heavy atom. The molecule has 2 heterocycles. The van der Waals surface area contributed by atoms with Gasteiger partial charge in [0, 0.05) is 52.2 Å². The fourth-order valence-corrected chi connectivity index (χ4v) is 3.40. The van der Waals surface area contributed by atoms with E-state index < -0.39 is 0 Å². The maximum atomic E-state index is 13.8. The Bertz CT molecular complexity index is 626. The number of carbonyl (C=O) groups is 2. The van der Waals surface area contributed by atoms with Crippen LogP contribution in [0.2, 0.25) is 0 Å². The molecule has 0 spiro atoms. The van der Waals surface area contributed by atoms with Crippen LogP contribution in [-0.4, -0.2) is 62.1 Å². The maximum Gasteiger partial charge on any atom is 0.223 e. The predicted octanol–water partition coefficient (Wildman–Crippen LogP) is 1.55. The molecule has 0 aromatic heterocycles. The fourth-order valence-electron chi connectivity index (χ4n) is 3.40. The van der Waals surface area contributed by atoms with Gasteiger partial charge in [-0.3, -0.25) is 9.59 Å². The minimum Gasteiger partial charge on any atom is -0.376 e. The van der Waals surface area contributed by atoms with Crippen LogP contribution in [0.15, 0.2) is 24.3 Å². The number of rotatable bonds is 6. The number of para-hydroxylation sites is 1. The van der Waals surface area contributed by atoms with Gasteiger partial charge in [0.1, 0.15) is 5.82 Å². The zero-order valence-corrected chi connectivity index (χ0v) is 15.0. The molecular formula is C19H26FN3O3. The van der Waals surface area contributed by atoms with Crippen molar-refractivity contribution in [3.05, 3.63) is 30.1 Å². The molecule has 2 amide bonds. The van der Waals surface area contributed by atoms with Gasteiger partial charge in [-0.05, 0) is 25.0 Å². The van der Waals surface area contributed by atoms with Crippen LogP contribution in [0.3, 0.4) is 0 Å². The SMILES string of the molecule is O=C(CCC(=O)N1CCN(c2ccccc2F)CC1)NC[C@@H]1CCCO1. The minimum atomic E-state index is -0.241. The van der Waals surface area contributed by atoms with Crippen molar-refractivity contribution in [1.29, 1.82) is 0 Å². The van der Waals surface area contributed by atoms with Gasteiger partial charge in [-0.1, -0.05) is 12.1 Å². The van der Waals surface area contributed by atoms with Gasteiger partial charge in [0.25, 0.3) is 0 Å². The number of nitrogens with one attached hydrogen (secondary N) is 1. The molecule has 1 aromatic carbocycles. The second-order valence-corrected chi connectivity index (χ2v) is 6.76. The summed E-state index contributed by atoms with van der Waals surface area (Å²) in [5.41, 5.74) is 0.577. The number of hydrogen-bond donors (Lipinski definition) is 1. The summed E-state index contributed by atoms with van der Waals surface area (Å²) in [6.07, 6.45) is 2.53.